The molecule has 8 heteroatoms. The van der Waals surface area contributed by atoms with Crippen LogP contribution in [0.15, 0.2) is 0 Å². The fraction of sp³-hybridized carbons (Fsp3) is 0.600. The molecule has 0 aromatic heterocycles. The number of hydrogen-bond acceptors (Lipinski definition) is 5. The van der Waals surface area contributed by atoms with Crippen molar-refractivity contribution in [1.82, 2.24) is 15.5 Å². The molecule has 2 atom stereocenters. The average Bonchev–Trinajstić information content (AvgIpc) is 2.60. The molecular weight excluding hydrogens is 242 g/mol. The normalized spacial score (nSPS) is 29.0. The van der Waals surface area contributed by atoms with Gasteiger partial charge in [0, 0.05) is 13.1 Å². The van der Waals surface area contributed by atoms with Gasteiger partial charge in [-0.15, -0.1) is 0 Å². The van der Waals surface area contributed by atoms with E-state index >= 15 is 0 Å². The van der Waals surface area contributed by atoms with Crippen LogP contribution in [0.2, 0.25) is 0 Å². The zero-order valence-corrected chi connectivity index (χ0v) is 9.51. The Kier molecular flexibility index (Phi) is 3.28. The van der Waals surface area contributed by atoms with Crippen molar-refractivity contribution in [3.05, 3.63) is 0 Å². The number of aliphatic carboxylic acids is 1. The molecule has 2 fully saturated rings. The van der Waals surface area contributed by atoms with Crippen LogP contribution in [0, 0.1) is 0 Å². The SMILES string of the molecule is O=C(O)CC1C(=O)NCCN1C1CC(=O)NC1=O. The summed E-state index contributed by atoms with van der Waals surface area (Å²) < 4.78 is 0. The summed E-state index contributed by atoms with van der Waals surface area (Å²) in [6.45, 7) is 0.696. The van der Waals surface area contributed by atoms with E-state index in [-0.39, 0.29) is 12.8 Å². The second-order valence-corrected chi connectivity index (χ2v) is 4.27. The Morgan fingerprint density at radius 2 is 2.06 bits per heavy atom. The van der Waals surface area contributed by atoms with Crippen molar-refractivity contribution in [2.24, 2.45) is 0 Å². The maximum Gasteiger partial charge on any atom is 0.305 e. The van der Waals surface area contributed by atoms with Crippen LogP contribution in [0.25, 0.3) is 0 Å². The van der Waals surface area contributed by atoms with Crippen molar-refractivity contribution in [2.45, 2.75) is 24.9 Å². The van der Waals surface area contributed by atoms with Crippen LogP contribution in [0.4, 0.5) is 0 Å². The molecule has 0 aromatic carbocycles. The number of carboxylic acids is 1. The first-order valence-electron chi connectivity index (χ1n) is 5.58. The Labute approximate surface area is 102 Å². The lowest BCUT2D eigenvalue weighted by atomic mass is 10.0. The number of piperazine rings is 1. The van der Waals surface area contributed by atoms with E-state index in [2.05, 4.69) is 10.6 Å². The molecule has 2 rings (SSSR count). The third-order valence-corrected chi connectivity index (χ3v) is 3.08. The van der Waals surface area contributed by atoms with Gasteiger partial charge in [0.05, 0.1) is 18.9 Å². The molecular formula is C10H13N3O5. The molecule has 8 nitrogen and oxygen atoms in total. The van der Waals surface area contributed by atoms with E-state index in [1.807, 2.05) is 0 Å². The number of rotatable bonds is 3. The van der Waals surface area contributed by atoms with E-state index < -0.39 is 35.8 Å². The van der Waals surface area contributed by atoms with E-state index in [1.165, 1.54) is 4.90 Å². The van der Waals surface area contributed by atoms with Crippen molar-refractivity contribution in [1.29, 1.82) is 0 Å². The standard InChI is InChI=1S/C10H13N3O5/c14-7-3-5(10(18)12-7)13-2-1-11-9(17)6(13)4-8(15)16/h5-6H,1-4H2,(H,11,17)(H,15,16)(H,12,14,18). The lowest BCUT2D eigenvalue weighted by molar-refractivity contribution is -0.145. The smallest absolute Gasteiger partial charge is 0.305 e. The van der Waals surface area contributed by atoms with Gasteiger partial charge in [-0.2, -0.15) is 0 Å². The monoisotopic (exact) mass is 255 g/mol. The lowest BCUT2D eigenvalue weighted by Gasteiger charge is -2.36. The largest absolute Gasteiger partial charge is 0.481 e. The minimum Gasteiger partial charge on any atom is -0.481 e. The maximum absolute atomic E-state index is 11.7. The number of imide groups is 1. The minimum atomic E-state index is -1.12. The number of nitrogens with one attached hydrogen (secondary N) is 2. The first-order chi connectivity index (χ1) is 8.49. The Hall–Kier alpha value is -1.96. The molecule has 0 spiro atoms. The summed E-state index contributed by atoms with van der Waals surface area (Å²) in [7, 11) is 0. The van der Waals surface area contributed by atoms with E-state index in [0.29, 0.717) is 13.1 Å². The van der Waals surface area contributed by atoms with Crippen LogP contribution in [0.1, 0.15) is 12.8 Å². The summed E-state index contributed by atoms with van der Waals surface area (Å²) in [5.41, 5.74) is 0. The highest BCUT2D eigenvalue weighted by molar-refractivity contribution is 6.05. The van der Waals surface area contributed by atoms with Crippen molar-refractivity contribution < 1.29 is 24.3 Å². The zero-order chi connectivity index (χ0) is 13.3. The fourth-order valence-electron chi connectivity index (χ4n) is 2.29. The third-order valence-electron chi connectivity index (χ3n) is 3.08. The van der Waals surface area contributed by atoms with Gasteiger partial charge >= 0.3 is 5.97 Å². The molecule has 2 aliphatic rings. The predicted molar refractivity (Wildman–Crippen MR) is 57.3 cm³/mol. The van der Waals surface area contributed by atoms with E-state index in [1.54, 1.807) is 0 Å². The predicted octanol–water partition coefficient (Wildman–Crippen LogP) is -2.32. The van der Waals surface area contributed by atoms with Gasteiger partial charge in [-0.25, -0.2) is 0 Å². The maximum atomic E-state index is 11.7. The molecule has 0 bridgehead atoms. The van der Waals surface area contributed by atoms with Crippen LogP contribution in [-0.2, 0) is 19.2 Å². The lowest BCUT2D eigenvalue weighted by Crippen LogP contribution is -2.60. The quantitative estimate of drug-likeness (QED) is 0.487. The molecule has 2 heterocycles. The van der Waals surface area contributed by atoms with Crippen LogP contribution in [0.5, 0.6) is 0 Å². The summed E-state index contributed by atoms with van der Waals surface area (Å²) >= 11 is 0. The van der Waals surface area contributed by atoms with Gasteiger partial charge in [0.25, 0.3) is 0 Å². The second-order valence-electron chi connectivity index (χ2n) is 4.27. The highest BCUT2D eigenvalue weighted by atomic mass is 16.4. The van der Waals surface area contributed by atoms with Gasteiger partial charge in [0.2, 0.25) is 17.7 Å². The highest BCUT2D eigenvalue weighted by Gasteiger charge is 2.42. The van der Waals surface area contributed by atoms with Crippen molar-refractivity contribution in [3.63, 3.8) is 0 Å². The molecule has 0 saturated carbocycles. The Morgan fingerprint density at radius 3 is 2.61 bits per heavy atom. The van der Waals surface area contributed by atoms with Gasteiger partial charge in [0.15, 0.2) is 0 Å². The van der Waals surface area contributed by atoms with Crippen molar-refractivity contribution in [3.8, 4) is 0 Å². The molecule has 2 aliphatic heterocycles. The van der Waals surface area contributed by atoms with E-state index in [0.717, 1.165) is 0 Å². The number of carboxylic acid groups (broad SMARTS) is 1. The highest BCUT2D eigenvalue weighted by Crippen LogP contribution is 2.18. The Balaban J connectivity index is 2.17. The van der Waals surface area contributed by atoms with Crippen molar-refractivity contribution >= 4 is 23.7 Å². The van der Waals surface area contributed by atoms with Gasteiger partial charge in [-0.1, -0.05) is 0 Å². The summed E-state index contributed by atoms with van der Waals surface area (Å²) in [5.74, 6) is -2.40. The fourth-order valence-corrected chi connectivity index (χ4v) is 2.29. The second kappa shape index (κ2) is 4.73. The minimum absolute atomic E-state index is 0.0256. The molecule has 3 N–H and O–H groups in total. The van der Waals surface area contributed by atoms with E-state index in [9.17, 15) is 19.2 Å². The van der Waals surface area contributed by atoms with Crippen LogP contribution in [-0.4, -0.2) is 58.9 Å². The van der Waals surface area contributed by atoms with Gasteiger partial charge in [-0.3, -0.25) is 29.4 Å². The summed E-state index contributed by atoms with van der Waals surface area (Å²) in [6.07, 6.45) is -0.411. The topological polar surface area (TPSA) is 116 Å². The number of hydrogen-bond donors (Lipinski definition) is 3. The van der Waals surface area contributed by atoms with Gasteiger partial charge < -0.3 is 10.4 Å². The summed E-state index contributed by atoms with van der Waals surface area (Å²) in [4.78, 5) is 46.6. The molecule has 0 aliphatic carbocycles. The number of carbonyl (C=O) groups is 4. The first kappa shape index (κ1) is 12.5. The molecule has 0 radical (unpaired) electrons. The summed E-state index contributed by atoms with van der Waals surface area (Å²) in [5, 5.41) is 13.5. The Morgan fingerprint density at radius 1 is 1.33 bits per heavy atom. The van der Waals surface area contributed by atoms with Gasteiger partial charge in [0.1, 0.15) is 6.04 Å². The van der Waals surface area contributed by atoms with Crippen LogP contribution < -0.4 is 10.6 Å². The molecule has 98 valence electrons. The third kappa shape index (κ3) is 2.33. The number of nitrogens with zero attached hydrogens (tertiary/aromatic N) is 1. The molecule has 2 unspecified atom stereocenters. The van der Waals surface area contributed by atoms with Crippen LogP contribution >= 0.6 is 0 Å². The summed E-state index contributed by atoms with van der Waals surface area (Å²) in [6, 6.07) is -1.65. The molecule has 0 aromatic rings. The first-order valence-corrected chi connectivity index (χ1v) is 5.58. The van der Waals surface area contributed by atoms with E-state index in [4.69, 9.17) is 5.11 Å². The average molecular weight is 255 g/mol. The molecule has 18 heavy (non-hydrogen) atoms. The zero-order valence-electron chi connectivity index (χ0n) is 9.51. The number of carbonyl (C=O) groups excluding carboxylic acids is 3. The van der Waals surface area contributed by atoms with Crippen LogP contribution in [0.3, 0.4) is 0 Å². The number of amides is 3. The van der Waals surface area contributed by atoms with Crippen molar-refractivity contribution in [2.75, 3.05) is 13.1 Å². The molecule has 2 saturated heterocycles. The Bertz CT molecular complexity index is 422. The van der Waals surface area contributed by atoms with Gasteiger partial charge in [-0.05, 0) is 0 Å². The molecule has 3 amide bonds.